The summed E-state index contributed by atoms with van der Waals surface area (Å²) in [7, 11) is 0. The third kappa shape index (κ3) is 4.03. The van der Waals surface area contributed by atoms with E-state index in [9.17, 15) is 0 Å². The van der Waals surface area contributed by atoms with Crippen LogP contribution in [0, 0.1) is 13.8 Å². The summed E-state index contributed by atoms with van der Waals surface area (Å²) in [6, 6.07) is 10.2. The number of hydrogen-bond donors (Lipinski definition) is 0. The third-order valence-electron chi connectivity index (χ3n) is 5.62. The SMILES string of the molecule is Cc1cn(-c2ncc(/C=C/c3nc4n(n3)CCC[C@@H]4c3ccc(Cl)cc3)cc2C)cn1. The fourth-order valence-electron chi connectivity index (χ4n) is 4.11. The Balaban J connectivity index is 1.38. The summed E-state index contributed by atoms with van der Waals surface area (Å²) in [4.78, 5) is 13.7. The number of hydrogen-bond acceptors (Lipinski definition) is 4. The topological polar surface area (TPSA) is 61.4 Å². The Bertz CT molecular complexity index is 1250. The Labute approximate surface area is 186 Å². The van der Waals surface area contributed by atoms with Crippen molar-refractivity contribution in [1.29, 1.82) is 0 Å². The molecule has 0 bridgehead atoms. The highest BCUT2D eigenvalue weighted by atomic mass is 35.5. The maximum Gasteiger partial charge on any atom is 0.174 e. The van der Waals surface area contributed by atoms with Gasteiger partial charge in [0.15, 0.2) is 5.82 Å². The molecule has 5 rings (SSSR count). The first-order valence-electron chi connectivity index (χ1n) is 10.4. The van der Waals surface area contributed by atoms with E-state index in [0.717, 1.165) is 58.7 Å². The molecule has 0 radical (unpaired) electrons. The van der Waals surface area contributed by atoms with E-state index in [2.05, 4.69) is 35.1 Å². The number of halogens is 1. The van der Waals surface area contributed by atoms with Crippen LogP contribution in [0.4, 0.5) is 0 Å². The van der Waals surface area contributed by atoms with Gasteiger partial charge in [-0.25, -0.2) is 19.6 Å². The van der Waals surface area contributed by atoms with E-state index in [0.29, 0.717) is 0 Å². The Hall–Kier alpha value is -3.25. The van der Waals surface area contributed by atoms with Gasteiger partial charge >= 0.3 is 0 Å². The van der Waals surface area contributed by atoms with Gasteiger partial charge in [0.1, 0.15) is 18.0 Å². The molecule has 0 fully saturated rings. The zero-order chi connectivity index (χ0) is 21.4. The van der Waals surface area contributed by atoms with E-state index in [1.165, 1.54) is 5.56 Å². The van der Waals surface area contributed by atoms with Gasteiger partial charge in [-0.15, -0.1) is 0 Å². The molecular formula is C24H23ClN6. The van der Waals surface area contributed by atoms with Crippen LogP contribution < -0.4 is 0 Å². The summed E-state index contributed by atoms with van der Waals surface area (Å²) in [5.74, 6) is 2.89. The molecule has 0 aliphatic carbocycles. The van der Waals surface area contributed by atoms with Crippen molar-refractivity contribution in [2.24, 2.45) is 0 Å². The van der Waals surface area contributed by atoms with Gasteiger partial charge in [-0.2, -0.15) is 5.10 Å². The van der Waals surface area contributed by atoms with Gasteiger partial charge < -0.3 is 0 Å². The number of pyridine rings is 1. The van der Waals surface area contributed by atoms with Crippen LogP contribution in [0.3, 0.4) is 0 Å². The molecule has 4 heterocycles. The number of nitrogens with zero attached hydrogens (tertiary/aromatic N) is 6. The predicted octanol–water partition coefficient (Wildman–Crippen LogP) is 5.23. The van der Waals surface area contributed by atoms with Crippen molar-refractivity contribution in [3.63, 3.8) is 0 Å². The van der Waals surface area contributed by atoms with Gasteiger partial charge in [0, 0.05) is 29.9 Å². The van der Waals surface area contributed by atoms with Crippen molar-refractivity contribution in [1.82, 2.24) is 29.3 Å². The summed E-state index contributed by atoms with van der Waals surface area (Å²) in [6.45, 7) is 4.93. The molecular weight excluding hydrogens is 408 g/mol. The average Bonchev–Trinajstić information content (AvgIpc) is 3.38. The standard InChI is InChI=1S/C24H23ClN6/c1-16-12-18(13-26-23(16)30-14-17(2)27-15-30)5-10-22-28-24-21(4-3-11-31(24)29-22)19-6-8-20(25)9-7-19/h5-10,12-15,21H,3-4,11H2,1-2H3/b10-5+/t21-/m1/s1. The molecule has 0 saturated carbocycles. The molecule has 1 aliphatic heterocycles. The molecule has 0 unspecified atom stereocenters. The summed E-state index contributed by atoms with van der Waals surface area (Å²) >= 11 is 6.06. The molecule has 1 aliphatic rings. The van der Waals surface area contributed by atoms with Gasteiger partial charge in [0.05, 0.1) is 5.69 Å². The second-order valence-corrected chi connectivity index (χ2v) is 8.40. The van der Waals surface area contributed by atoms with Gasteiger partial charge in [-0.1, -0.05) is 23.7 Å². The predicted molar refractivity (Wildman–Crippen MR) is 122 cm³/mol. The molecule has 1 atom stereocenters. The minimum atomic E-state index is 0.252. The van der Waals surface area contributed by atoms with Crippen LogP contribution >= 0.6 is 11.6 Å². The highest BCUT2D eigenvalue weighted by molar-refractivity contribution is 6.30. The summed E-state index contributed by atoms with van der Waals surface area (Å²) in [6.07, 6.45) is 11.8. The van der Waals surface area contributed by atoms with Crippen molar-refractivity contribution in [2.45, 2.75) is 39.2 Å². The number of rotatable bonds is 4. The molecule has 31 heavy (non-hydrogen) atoms. The van der Waals surface area contributed by atoms with Crippen LogP contribution in [0.15, 0.2) is 49.1 Å². The highest BCUT2D eigenvalue weighted by Crippen LogP contribution is 2.32. The second kappa shape index (κ2) is 8.12. The fraction of sp³-hybridized carbons (Fsp3) is 0.250. The van der Waals surface area contributed by atoms with Crippen LogP contribution in [0.25, 0.3) is 18.0 Å². The summed E-state index contributed by atoms with van der Waals surface area (Å²) < 4.78 is 3.98. The molecule has 0 saturated heterocycles. The van der Waals surface area contributed by atoms with Crippen LogP contribution in [0.5, 0.6) is 0 Å². The van der Waals surface area contributed by atoms with Crippen molar-refractivity contribution in [3.05, 3.63) is 88.1 Å². The molecule has 0 spiro atoms. The number of benzene rings is 1. The minimum absolute atomic E-state index is 0.252. The maximum absolute atomic E-state index is 6.06. The van der Waals surface area contributed by atoms with E-state index in [4.69, 9.17) is 21.7 Å². The second-order valence-electron chi connectivity index (χ2n) is 7.96. The largest absolute Gasteiger partial charge is 0.290 e. The van der Waals surface area contributed by atoms with Crippen LogP contribution in [0.1, 0.15) is 52.8 Å². The first-order chi connectivity index (χ1) is 15.1. The zero-order valence-electron chi connectivity index (χ0n) is 17.5. The molecule has 7 heteroatoms. The zero-order valence-corrected chi connectivity index (χ0v) is 18.3. The maximum atomic E-state index is 6.06. The van der Waals surface area contributed by atoms with Gasteiger partial charge in [0.2, 0.25) is 0 Å². The Morgan fingerprint density at radius 2 is 1.94 bits per heavy atom. The highest BCUT2D eigenvalue weighted by Gasteiger charge is 2.25. The molecule has 156 valence electrons. The molecule has 6 nitrogen and oxygen atoms in total. The van der Waals surface area contributed by atoms with Crippen LogP contribution in [-0.2, 0) is 6.54 Å². The molecule has 3 aromatic heterocycles. The smallest absolute Gasteiger partial charge is 0.174 e. The van der Waals surface area contributed by atoms with Gasteiger partial charge in [-0.3, -0.25) is 4.57 Å². The lowest BCUT2D eigenvalue weighted by Crippen LogP contribution is -2.17. The first kappa shape index (κ1) is 19.7. The van der Waals surface area contributed by atoms with Crippen molar-refractivity contribution in [3.8, 4) is 5.82 Å². The monoisotopic (exact) mass is 430 g/mol. The Morgan fingerprint density at radius 3 is 2.68 bits per heavy atom. The molecule has 1 aromatic carbocycles. The number of aromatic nitrogens is 6. The normalized spacial score (nSPS) is 16.0. The van der Waals surface area contributed by atoms with Crippen LogP contribution in [0.2, 0.25) is 5.02 Å². The molecule has 0 amide bonds. The van der Waals surface area contributed by atoms with E-state index in [-0.39, 0.29) is 5.92 Å². The number of aryl methyl sites for hydroxylation is 3. The average molecular weight is 431 g/mol. The number of fused-ring (bicyclic) bond motifs is 1. The first-order valence-corrected chi connectivity index (χ1v) is 10.8. The molecule has 4 aromatic rings. The Kier molecular flexibility index (Phi) is 5.16. The number of imidazole rings is 1. The quantitative estimate of drug-likeness (QED) is 0.445. The van der Waals surface area contributed by atoms with E-state index < -0.39 is 0 Å². The summed E-state index contributed by atoms with van der Waals surface area (Å²) in [5, 5.41) is 5.46. The van der Waals surface area contributed by atoms with Gasteiger partial charge in [0.25, 0.3) is 0 Å². The van der Waals surface area contributed by atoms with Crippen molar-refractivity contribution >= 4 is 23.8 Å². The Morgan fingerprint density at radius 1 is 1.10 bits per heavy atom. The van der Waals surface area contributed by atoms with Crippen molar-refractivity contribution in [2.75, 3.05) is 0 Å². The lowest BCUT2D eigenvalue weighted by molar-refractivity contribution is 0.445. The van der Waals surface area contributed by atoms with E-state index in [1.807, 2.05) is 52.9 Å². The fourth-order valence-corrected chi connectivity index (χ4v) is 4.23. The summed E-state index contributed by atoms with van der Waals surface area (Å²) in [5.41, 5.74) is 4.30. The molecule has 0 N–H and O–H groups in total. The van der Waals surface area contributed by atoms with Crippen LogP contribution in [-0.4, -0.2) is 29.3 Å². The van der Waals surface area contributed by atoms with E-state index in [1.54, 1.807) is 6.33 Å². The van der Waals surface area contributed by atoms with Gasteiger partial charge in [-0.05, 0) is 73.7 Å². The third-order valence-corrected chi connectivity index (χ3v) is 5.87. The van der Waals surface area contributed by atoms with E-state index >= 15 is 0 Å². The lowest BCUT2D eigenvalue weighted by Gasteiger charge is -2.22. The minimum Gasteiger partial charge on any atom is -0.290 e. The van der Waals surface area contributed by atoms with Crippen molar-refractivity contribution < 1.29 is 0 Å². The lowest BCUT2D eigenvalue weighted by atomic mass is 9.91.